The molecule has 6 nitrogen and oxygen atoms in total. The zero-order chi connectivity index (χ0) is 19.6. The minimum Gasteiger partial charge on any atom is -0.508 e. The number of aliphatic hydroxyl groups excluding tert-OH is 1. The van der Waals surface area contributed by atoms with Gasteiger partial charge in [-0.15, -0.1) is 0 Å². The van der Waals surface area contributed by atoms with Gasteiger partial charge in [0.2, 0.25) is 0 Å². The first-order valence-corrected chi connectivity index (χ1v) is 8.64. The highest BCUT2D eigenvalue weighted by atomic mass is 16.3. The third kappa shape index (κ3) is 3.46. The third-order valence-corrected chi connectivity index (χ3v) is 4.39. The van der Waals surface area contributed by atoms with Gasteiger partial charge in [0.05, 0.1) is 0 Å². The molecule has 0 saturated carbocycles. The lowest BCUT2D eigenvalue weighted by atomic mass is 10.0. The van der Waals surface area contributed by atoms with Crippen molar-refractivity contribution in [2.24, 2.45) is 5.92 Å². The molecule has 1 aliphatic rings. The fraction of sp³-hybridized carbons (Fsp3) is 0.190. The number of benzene rings is 2. The second-order valence-corrected chi connectivity index (χ2v) is 6.62. The molecule has 138 valence electrons. The average Bonchev–Trinajstić information content (AvgIpc) is 2.93. The van der Waals surface area contributed by atoms with Gasteiger partial charge in [0.15, 0.2) is 0 Å². The van der Waals surface area contributed by atoms with E-state index in [2.05, 4.69) is 5.32 Å². The number of aliphatic hydroxyl groups is 1. The predicted molar refractivity (Wildman–Crippen MR) is 99.8 cm³/mol. The molecule has 2 aromatic carbocycles. The Hall–Kier alpha value is -3.41. The molecular weight excluding hydrogens is 344 g/mol. The quantitative estimate of drug-likeness (QED) is 0.817. The molecule has 0 spiro atoms. The van der Waals surface area contributed by atoms with Gasteiger partial charge in [-0.2, -0.15) is 0 Å². The van der Waals surface area contributed by atoms with Crippen molar-refractivity contribution in [2.75, 3.05) is 0 Å². The summed E-state index contributed by atoms with van der Waals surface area (Å²) in [6, 6.07) is 15.9. The fourth-order valence-corrected chi connectivity index (χ4v) is 3.07. The van der Waals surface area contributed by atoms with Crippen LogP contribution in [-0.4, -0.2) is 33.8 Å². The summed E-state index contributed by atoms with van der Waals surface area (Å²) in [4.78, 5) is 39.2. The van der Waals surface area contributed by atoms with Gasteiger partial charge in [0.25, 0.3) is 17.7 Å². The summed E-state index contributed by atoms with van der Waals surface area (Å²) in [5.41, 5.74) is 0.423. The van der Waals surface area contributed by atoms with E-state index in [1.165, 1.54) is 0 Å². The maximum Gasteiger partial charge on any atom is 0.281 e. The van der Waals surface area contributed by atoms with E-state index in [9.17, 15) is 19.5 Å². The Morgan fingerprint density at radius 2 is 1.48 bits per heavy atom. The molecular formula is C21H20N2O4. The molecule has 1 heterocycles. The van der Waals surface area contributed by atoms with Crippen LogP contribution in [0.4, 0.5) is 0 Å². The van der Waals surface area contributed by atoms with Crippen molar-refractivity contribution in [3.8, 4) is 0 Å². The van der Waals surface area contributed by atoms with Gasteiger partial charge in [-0.05, 0) is 30.2 Å². The maximum atomic E-state index is 12.9. The zero-order valence-electron chi connectivity index (χ0n) is 15.0. The molecule has 1 atom stereocenters. The Labute approximate surface area is 157 Å². The van der Waals surface area contributed by atoms with Crippen molar-refractivity contribution < 1.29 is 19.5 Å². The van der Waals surface area contributed by atoms with Crippen molar-refractivity contribution in [3.63, 3.8) is 0 Å². The van der Waals surface area contributed by atoms with E-state index >= 15 is 0 Å². The van der Waals surface area contributed by atoms with Crippen LogP contribution in [-0.2, 0) is 4.79 Å². The van der Waals surface area contributed by atoms with Crippen LogP contribution >= 0.6 is 0 Å². The van der Waals surface area contributed by atoms with Gasteiger partial charge < -0.3 is 10.4 Å². The van der Waals surface area contributed by atoms with Crippen molar-refractivity contribution in [2.45, 2.75) is 19.9 Å². The molecule has 2 aromatic rings. The van der Waals surface area contributed by atoms with Gasteiger partial charge >= 0.3 is 0 Å². The van der Waals surface area contributed by atoms with Gasteiger partial charge in [-0.25, -0.2) is 0 Å². The van der Waals surface area contributed by atoms with E-state index in [1.54, 1.807) is 74.5 Å². The van der Waals surface area contributed by atoms with E-state index in [4.69, 9.17) is 0 Å². The monoisotopic (exact) mass is 364 g/mol. The van der Waals surface area contributed by atoms with Gasteiger partial charge in [0, 0.05) is 11.1 Å². The molecule has 3 rings (SSSR count). The van der Waals surface area contributed by atoms with Crippen LogP contribution in [0.3, 0.4) is 0 Å². The molecule has 0 aliphatic carbocycles. The van der Waals surface area contributed by atoms with Crippen LogP contribution in [0.2, 0.25) is 0 Å². The summed E-state index contributed by atoms with van der Waals surface area (Å²) in [5, 5.41) is 13.1. The molecule has 2 N–H and O–H groups in total. The Kier molecular flexibility index (Phi) is 5.07. The van der Waals surface area contributed by atoms with Crippen LogP contribution in [0.1, 0.15) is 34.6 Å². The Morgan fingerprint density at radius 1 is 0.963 bits per heavy atom. The summed E-state index contributed by atoms with van der Waals surface area (Å²) >= 11 is 0. The molecule has 1 aliphatic heterocycles. The Balaban J connectivity index is 1.92. The minimum absolute atomic E-state index is 0.229. The normalized spacial score (nSPS) is 16.8. The number of nitrogens with one attached hydrogen (secondary N) is 1. The topological polar surface area (TPSA) is 86.7 Å². The second kappa shape index (κ2) is 7.45. The molecule has 0 bridgehead atoms. The first-order valence-electron chi connectivity index (χ1n) is 8.64. The highest BCUT2D eigenvalue weighted by Gasteiger charge is 2.45. The summed E-state index contributed by atoms with van der Waals surface area (Å²) < 4.78 is 0. The van der Waals surface area contributed by atoms with E-state index in [0.717, 1.165) is 4.90 Å². The van der Waals surface area contributed by atoms with Crippen LogP contribution in [0.25, 0.3) is 0 Å². The van der Waals surface area contributed by atoms with Crippen molar-refractivity contribution in [1.29, 1.82) is 0 Å². The number of carbonyl (C=O) groups excluding carboxylic acids is 3. The highest BCUT2D eigenvalue weighted by Crippen LogP contribution is 2.30. The molecule has 0 unspecified atom stereocenters. The molecule has 6 heteroatoms. The van der Waals surface area contributed by atoms with Crippen LogP contribution < -0.4 is 5.32 Å². The van der Waals surface area contributed by atoms with Gasteiger partial charge in [0.1, 0.15) is 17.5 Å². The zero-order valence-corrected chi connectivity index (χ0v) is 15.0. The first kappa shape index (κ1) is 18.4. The number of nitrogens with zero attached hydrogens (tertiary/aromatic N) is 1. The van der Waals surface area contributed by atoms with Crippen molar-refractivity contribution in [1.82, 2.24) is 10.2 Å². The third-order valence-electron chi connectivity index (χ3n) is 4.39. The smallest absolute Gasteiger partial charge is 0.281 e. The van der Waals surface area contributed by atoms with Crippen molar-refractivity contribution >= 4 is 17.7 Å². The Morgan fingerprint density at radius 3 is 2.00 bits per heavy atom. The number of imide groups is 1. The van der Waals surface area contributed by atoms with E-state index in [1.807, 2.05) is 0 Å². The average molecular weight is 364 g/mol. The second-order valence-electron chi connectivity index (χ2n) is 6.62. The van der Waals surface area contributed by atoms with Crippen LogP contribution in [0.15, 0.2) is 72.1 Å². The minimum atomic E-state index is -0.837. The number of rotatable bonds is 4. The summed E-state index contributed by atoms with van der Waals surface area (Å²) in [6.45, 7) is 3.59. The lowest BCUT2D eigenvalue weighted by Gasteiger charge is -2.26. The predicted octanol–water partition coefficient (Wildman–Crippen LogP) is 2.89. The van der Waals surface area contributed by atoms with Gasteiger partial charge in [-0.3, -0.25) is 19.3 Å². The first-order chi connectivity index (χ1) is 12.9. The molecule has 0 aromatic heterocycles. The standard InChI is InChI=1S/C21H20N2O4/c1-13(2)17-18(24)16(22-19(25)14-9-5-3-6-10-14)21(27)23(17)20(26)15-11-7-4-8-12-15/h3-13,17,24H,1-2H3,(H,22,25)/t17-/m1/s1. The SMILES string of the molecule is CC(C)[C@@H]1C(O)=C(NC(=O)c2ccccc2)C(=O)N1C(=O)c1ccccc1. The largest absolute Gasteiger partial charge is 0.508 e. The molecule has 0 fully saturated rings. The molecule has 0 saturated heterocycles. The summed E-state index contributed by atoms with van der Waals surface area (Å²) in [5.74, 6) is -2.29. The molecule has 0 radical (unpaired) electrons. The van der Waals surface area contributed by atoms with Crippen LogP contribution in [0.5, 0.6) is 0 Å². The van der Waals surface area contributed by atoms with Crippen LogP contribution in [0, 0.1) is 5.92 Å². The maximum absolute atomic E-state index is 12.9. The highest BCUT2D eigenvalue weighted by molar-refractivity contribution is 6.14. The number of amides is 3. The lowest BCUT2D eigenvalue weighted by Crippen LogP contribution is -2.44. The molecule has 3 amide bonds. The summed E-state index contributed by atoms with van der Waals surface area (Å²) in [7, 11) is 0. The number of hydrogen-bond donors (Lipinski definition) is 2. The fourth-order valence-electron chi connectivity index (χ4n) is 3.07. The molecule has 27 heavy (non-hydrogen) atoms. The van der Waals surface area contributed by atoms with E-state index in [-0.39, 0.29) is 17.4 Å². The van der Waals surface area contributed by atoms with E-state index in [0.29, 0.717) is 11.1 Å². The number of carbonyl (C=O) groups is 3. The Bertz CT molecular complexity index is 904. The summed E-state index contributed by atoms with van der Waals surface area (Å²) in [6.07, 6.45) is 0. The van der Waals surface area contributed by atoms with E-state index < -0.39 is 23.8 Å². The van der Waals surface area contributed by atoms with Gasteiger partial charge in [-0.1, -0.05) is 50.2 Å². The van der Waals surface area contributed by atoms with Crippen molar-refractivity contribution in [3.05, 3.63) is 83.2 Å². The lowest BCUT2D eigenvalue weighted by molar-refractivity contribution is -0.125. The number of hydrogen-bond acceptors (Lipinski definition) is 4.